The van der Waals surface area contributed by atoms with Gasteiger partial charge in [-0.3, -0.25) is 4.79 Å². The second kappa shape index (κ2) is 6.74. The molecular weight excluding hydrogens is 266 g/mol. The fraction of sp³-hybridized carbons (Fsp3) is 0.250. The van der Waals surface area contributed by atoms with Crippen LogP contribution < -0.4 is 11.1 Å². The van der Waals surface area contributed by atoms with Crippen LogP contribution in [0.25, 0.3) is 10.8 Å². The van der Waals surface area contributed by atoms with Crippen LogP contribution in [0.4, 0.5) is 0 Å². The van der Waals surface area contributed by atoms with E-state index in [1.807, 2.05) is 43.3 Å². The maximum atomic E-state index is 12.3. The zero-order valence-corrected chi connectivity index (χ0v) is 11.9. The number of benzene rings is 2. The van der Waals surface area contributed by atoms with Crippen LogP contribution in [0, 0.1) is 0 Å². The predicted octanol–water partition coefficient (Wildman–Crippen LogP) is 2.48. The molecule has 0 saturated carbocycles. The zero-order valence-electron chi connectivity index (χ0n) is 11.9. The highest BCUT2D eigenvalue weighted by molar-refractivity contribution is 6.01. The predicted molar refractivity (Wildman–Crippen MR) is 83.5 cm³/mol. The Morgan fingerprint density at radius 2 is 2.00 bits per heavy atom. The van der Waals surface area contributed by atoms with Crippen molar-refractivity contribution in [1.29, 1.82) is 0 Å². The van der Waals surface area contributed by atoms with E-state index in [1.54, 1.807) is 6.07 Å². The lowest BCUT2D eigenvalue weighted by atomic mass is 10.1. The Hall–Kier alpha value is -2.56. The number of oxime groups is 1. The van der Waals surface area contributed by atoms with Gasteiger partial charge in [0.2, 0.25) is 0 Å². The number of carbonyl (C=O) groups is 1. The number of carbonyl (C=O) groups excluding carboxylic acids is 1. The highest BCUT2D eigenvalue weighted by atomic mass is 16.4. The Morgan fingerprint density at radius 3 is 2.67 bits per heavy atom. The molecule has 2 aromatic carbocycles. The van der Waals surface area contributed by atoms with Gasteiger partial charge in [0.25, 0.3) is 5.91 Å². The van der Waals surface area contributed by atoms with E-state index < -0.39 is 6.04 Å². The van der Waals surface area contributed by atoms with E-state index in [4.69, 9.17) is 10.9 Å². The molecule has 1 unspecified atom stereocenters. The quantitative estimate of drug-likeness (QED) is 0.341. The van der Waals surface area contributed by atoms with Crippen LogP contribution in [-0.2, 0) is 0 Å². The molecular formula is C16H19N3O2. The van der Waals surface area contributed by atoms with Crippen LogP contribution in [0.2, 0.25) is 0 Å². The Labute approximate surface area is 123 Å². The number of hydrogen-bond donors (Lipinski definition) is 3. The first-order valence-corrected chi connectivity index (χ1v) is 6.92. The van der Waals surface area contributed by atoms with Crippen molar-refractivity contribution in [2.45, 2.75) is 25.8 Å². The minimum atomic E-state index is -0.459. The molecule has 110 valence electrons. The number of amidine groups is 1. The minimum Gasteiger partial charge on any atom is -0.409 e. The zero-order chi connectivity index (χ0) is 15.2. The van der Waals surface area contributed by atoms with Gasteiger partial charge in [-0.2, -0.15) is 0 Å². The summed E-state index contributed by atoms with van der Waals surface area (Å²) in [7, 11) is 0. The molecule has 1 atom stereocenters. The van der Waals surface area contributed by atoms with E-state index in [2.05, 4.69) is 10.5 Å². The third-order valence-corrected chi connectivity index (χ3v) is 3.37. The molecule has 1 amide bonds. The Balaban J connectivity index is 2.20. The molecule has 0 aliphatic rings. The van der Waals surface area contributed by atoms with Crippen LogP contribution in [0.15, 0.2) is 47.6 Å². The summed E-state index contributed by atoms with van der Waals surface area (Å²) < 4.78 is 0. The standard InChI is InChI=1S/C16H19N3O2/c1-2-5-14(15(17)19-21)18-16(20)13-9-8-11-6-3-4-7-12(11)10-13/h3-4,6-10,14,21H,2,5H2,1H3,(H2,17,19)(H,18,20). The van der Waals surface area contributed by atoms with E-state index in [0.717, 1.165) is 17.2 Å². The summed E-state index contributed by atoms with van der Waals surface area (Å²) in [5, 5.41) is 16.6. The summed E-state index contributed by atoms with van der Waals surface area (Å²) in [5.74, 6) is -0.211. The summed E-state index contributed by atoms with van der Waals surface area (Å²) in [6.07, 6.45) is 1.44. The first-order valence-electron chi connectivity index (χ1n) is 6.92. The highest BCUT2D eigenvalue weighted by Gasteiger charge is 2.17. The molecule has 0 fully saturated rings. The van der Waals surface area contributed by atoms with Gasteiger partial charge in [0, 0.05) is 5.56 Å². The fourth-order valence-corrected chi connectivity index (χ4v) is 2.22. The van der Waals surface area contributed by atoms with E-state index in [9.17, 15) is 4.79 Å². The number of amides is 1. The summed E-state index contributed by atoms with van der Waals surface area (Å²) in [4.78, 5) is 12.3. The number of hydrogen-bond acceptors (Lipinski definition) is 3. The number of nitrogens with one attached hydrogen (secondary N) is 1. The monoisotopic (exact) mass is 285 g/mol. The summed E-state index contributed by atoms with van der Waals surface area (Å²) in [6, 6.07) is 12.9. The molecule has 4 N–H and O–H groups in total. The molecule has 0 radical (unpaired) electrons. The first-order chi connectivity index (χ1) is 10.2. The lowest BCUT2D eigenvalue weighted by Crippen LogP contribution is -2.44. The third-order valence-electron chi connectivity index (χ3n) is 3.37. The van der Waals surface area contributed by atoms with E-state index >= 15 is 0 Å². The van der Waals surface area contributed by atoms with Crippen molar-refractivity contribution in [1.82, 2.24) is 5.32 Å². The van der Waals surface area contributed by atoms with Gasteiger partial charge >= 0.3 is 0 Å². The smallest absolute Gasteiger partial charge is 0.251 e. The molecule has 0 bridgehead atoms. The van der Waals surface area contributed by atoms with Crippen LogP contribution >= 0.6 is 0 Å². The topological polar surface area (TPSA) is 87.7 Å². The molecule has 0 heterocycles. The van der Waals surface area contributed by atoms with Crippen LogP contribution in [0.1, 0.15) is 30.1 Å². The Morgan fingerprint density at radius 1 is 1.29 bits per heavy atom. The Bertz CT molecular complexity index is 667. The SMILES string of the molecule is CCCC(NC(=O)c1ccc2ccccc2c1)/C(N)=N/O. The fourth-order valence-electron chi connectivity index (χ4n) is 2.22. The summed E-state index contributed by atoms with van der Waals surface area (Å²) in [5.41, 5.74) is 6.16. The molecule has 5 nitrogen and oxygen atoms in total. The summed E-state index contributed by atoms with van der Waals surface area (Å²) in [6.45, 7) is 1.97. The highest BCUT2D eigenvalue weighted by Crippen LogP contribution is 2.15. The lowest BCUT2D eigenvalue weighted by Gasteiger charge is -2.16. The van der Waals surface area contributed by atoms with Crippen LogP contribution in [0.5, 0.6) is 0 Å². The van der Waals surface area contributed by atoms with Gasteiger partial charge in [-0.25, -0.2) is 0 Å². The van der Waals surface area contributed by atoms with Crippen molar-refractivity contribution < 1.29 is 10.0 Å². The van der Waals surface area contributed by atoms with Crippen molar-refractivity contribution >= 4 is 22.5 Å². The number of rotatable bonds is 5. The molecule has 0 aromatic heterocycles. The van der Waals surface area contributed by atoms with Crippen LogP contribution in [0.3, 0.4) is 0 Å². The molecule has 21 heavy (non-hydrogen) atoms. The first kappa shape index (κ1) is 14.8. The molecule has 0 spiro atoms. The second-order valence-corrected chi connectivity index (χ2v) is 4.90. The van der Waals surface area contributed by atoms with Gasteiger partial charge < -0.3 is 16.3 Å². The molecule has 0 saturated heterocycles. The van der Waals surface area contributed by atoms with Crippen molar-refractivity contribution in [3.05, 3.63) is 48.0 Å². The molecule has 0 aliphatic heterocycles. The van der Waals surface area contributed by atoms with Gasteiger partial charge in [0.15, 0.2) is 5.84 Å². The van der Waals surface area contributed by atoms with Crippen molar-refractivity contribution in [2.75, 3.05) is 0 Å². The van der Waals surface area contributed by atoms with E-state index in [0.29, 0.717) is 12.0 Å². The minimum absolute atomic E-state index is 0.0194. The second-order valence-electron chi connectivity index (χ2n) is 4.90. The normalized spacial score (nSPS) is 13.1. The van der Waals surface area contributed by atoms with E-state index in [-0.39, 0.29) is 11.7 Å². The van der Waals surface area contributed by atoms with Gasteiger partial charge in [-0.05, 0) is 29.3 Å². The maximum Gasteiger partial charge on any atom is 0.251 e. The average molecular weight is 285 g/mol. The average Bonchev–Trinajstić information content (AvgIpc) is 2.53. The van der Waals surface area contributed by atoms with Gasteiger partial charge in [-0.15, -0.1) is 0 Å². The van der Waals surface area contributed by atoms with E-state index in [1.165, 1.54) is 0 Å². The van der Waals surface area contributed by atoms with Gasteiger partial charge in [0.05, 0.1) is 6.04 Å². The van der Waals surface area contributed by atoms with Gasteiger partial charge in [-0.1, -0.05) is 48.8 Å². The number of nitrogens with zero attached hydrogens (tertiary/aromatic N) is 1. The Kier molecular flexibility index (Phi) is 4.77. The van der Waals surface area contributed by atoms with Crippen molar-refractivity contribution in [3.63, 3.8) is 0 Å². The number of fused-ring (bicyclic) bond motifs is 1. The van der Waals surface area contributed by atoms with Crippen molar-refractivity contribution in [3.8, 4) is 0 Å². The van der Waals surface area contributed by atoms with Gasteiger partial charge in [0.1, 0.15) is 0 Å². The molecule has 2 aromatic rings. The molecule has 0 aliphatic carbocycles. The number of nitrogens with two attached hydrogens (primary N) is 1. The maximum absolute atomic E-state index is 12.3. The lowest BCUT2D eigenvalue weighted by molar-refractivity contribution is 0.0945. The molecule has 5 heteroatoms. The van der Waals surface area contributed by atoms with Crippen molar-refractivity contribution in [2.24, 2.45) is 10.9 Å². The largest absolute Gasteiger partial charge is 0.409 e. The van der Waals surface area contributed by atoms with Crippen LogP contribution in [-0.4, -0.2) is 23.0 Å². The molecule has 2 rings (SSSR count). The third kappa shape index (κ3) is 3.51. The summed E-state index contributed by atoms with van der Waals surface area (Å²) >= 11 is 0.